The van der Waals surface area contributed by atoms with Crippen LogP contribution in [-0.2, 0) is 24.4 Å². The summed E-state index contributed by atoms with van der Waals surface area (Å²) in [6.07, 6.45) is 1.38. The number of nitrogen functional groups attached to an aromatic ring is 1. The van der Waals surface area contributed by atoms with Crippen LogP contribution in [0.4, 0.5) is 5.82 Å². The number of nitrogens with two attached hydrogens (primary N) is 1. The number of hydrogen-bond donors (Lipinski definition) is 2. The number of methoxy groups -OCH3 is 2. The number of fused-ring (bicyclic) bond motifs is 2. The monoisotopic (exact) mass is 549 g/mol. The number of phenolic OH excluding ortho intramolecular Hbond substituents is 1. The van der Waals surface area contributed by atoms with Gasteiger partial charge in [-0.05, 0) is 53.6 Å². The van der Waals surface area contributed by atoms with E-state index in [1.165, 1.54) is 6.33 Å². The van der Waals surface area contributed by atoms with Crippen LogP contribution in [-0.4, -0.2) is 48.6 Å². The number of phenols is 1. The van der Waals surface area contributed by atoms with Gasteiger partial charge in [0.1, 0.15) is 41.7 Å². The van der Waals surface area contributed by atoms with Crippen LogP contribution in [0.1, 0.15) is 17.0 Å². The Morgan fingerprint density at radius 2 is 1.76 bits per heavy atom. The maximum absolute atomic E-state index is 14.1. The molecule has 0 saturated carbocycles. The van der Waals surface area contributed by atoms with Crippen LogP contribution in [0.25, 0.3) is 33.2 Å². The van der Waals surface area contributed by atoms with Crippen molar-refractivity contribution >= 4 is 27.8 Å². The molecule has 0 radical (unpaired) electrons. The van der Waals surface area contributed by atoms with E-state index in [1.54, 1.807) is 47.7 Å². The molecule has 0 aliphatic heterocycles. The zero-order valence-electron chi connectivity index (χ0n) is 22.5. The minimum atomic E-state index is -0.190. The molecule has 3 N–H and O–H groups in total. The van der Waals surface area contributed by atoms with Crippen molar-refractivity contribution in [3.8, 4) is 22.8 Å². The van der Waals surface area contributed by atoms with Gasteiger partial charge in [-0.2, -0.15) is 5.10 Å². The van der Waals surface area contributed by atoms with Crippen LogP contribution in [0.5, 0.6) is 11.5 Å². The summed E-state index contributed by atoms with van der Waals surface area (Å²) in [4.78, 5) is 27.7. The molecular formula is C30H27N7O4. The van der Waals surface area contributed by atoms with Crippen LogP contribution in [0.3, 0.4) is 0 Å². The molecule has 41 heavy (non-hydrogen) atoms. The smallest absolute Gasteiger partial charge is 0.262 e. The van der Waals surface area contributed by atoms with Gasteiger partial charge in [0.15, 0.2) is 5.65 Å². The average molecular weight is 550 g/mol. The number of rotatable bonds is 8. The van der Waals surface area contributed by atoms with E-state index in [0.29, 0.717) is 39.2 Å². The topological polar surface area (TPSA) is 143 Å². The molecular weight excluding hydrogens is 522 g/mol. The minimum absolute atomic E-state index is 0.134. The van der Waals surface area contributed by atoms with Gasteiger partial charge in [0.25, 0.3) is 5.56 Å². The molecule has 0 amide bonds. The number of ether oxygens (including phenoxy) is 2. The van der Waals surface area contributed by atoms with Gasteiger partial charge >= 0.3 is 0 Å². The first kappa shape index (κ1) is 26.0. The normalized spacial score (nSPS) is 11.4. The maximum Gasteiger partial charge on any atom is 0.262 e. The Hall–Kier alpha value is -5.29. The summed E-state index contributed by atoms with van der Waals surface area (Å²) in [5.74, 6) is 1.58. The van der Waals surface area contributed by atoms with E-state index in [1.807, 2.05) is 42.5 Å². The SMILES string of the molecule is COCc1cccc2nc(Cn3nc(-c4ccc(O)cc4)c4c(N)ncnc43)n(Cc3cccc(OC)c3)c(=O)c12. The summed E-state index contributed by atoms with van der Waals surface area (Å²) >= 11 is 0. The molecule has 6 rings (SSSR count). The van der Waals surface area contributed by atoms with Crippen molar-refractivity contribution in [1.29, 1.82) is 0 Å². The number of hydrogen-bond acceptors (Lipinski definition) is 9. The highest BCUT2D eigenvalue weighted by Crippen LogP contribution is 2.31. The molecule has 206 valence electrons. The van der Waals surface area contributed by atoms with E-state index in [9.17, 15) is 9.90 Å². The molecule has 0 atom stereocenters. The fourth-order valence-corrected chi connectivity index (χ4v) is 4.99. The summed E-state index contributed by atoms with van der Waals surface area (Å²) in [6, 6.07) is 19.8. The molecule has 0 aliphatic carbocycles. The number of aromatic nitrogens is 6. The van der Waals surface area contributed by atoms with Gasteiger partial charge in [-0.15, -0.1) is 0 Å². The second kappa shape index (κ2) is 10.7. The zero-order chi connectivity index (χ0) is 28.5. The third kappa shape index (κ3) is 4.83. The van der Waals surface area contributed by atoms with Crippen LogP contribution in [0.2, 0.25) is 0 Å². The van der Waals surface area contributed by atoms with Gasteiger partial charge in [0.2, 0.25) is 0 Å². The second-order valence-electron chi connectivity index (χ2n) is 9.53. The summed E-state index contributed by atoms with van der Waals surface area (Å²) in [5, 5.41) is 15.7. The summed E-state index contributed by atoms with van der Waals surface area (Å²) in [6.45, 7) is 0.675. The van der Waals surface area contributed by atoms with Gasteiger partial charge in [0.05, 0.1) is 36.6 Å². The average Bonchev–Trinajstić information content (AvgIpc) is 3.35. The van der Waals surface area contributed by atoms with Crippen LogP contribution >= 0.6 is 0 Å². The number of aromatic hydroxyl groups is 1. The van der Waals surface area contributed by atoms with Gasteiger partial charge in [0, 0.05) is 12.7 Å². The molecule has 11 heteroatoms. The number of anilines is 1. The molecule has 3 aromatic heterocycles. The predicted octanol–water partition coefficient (Wildman–Crippen LogP) is 3.74. The van der Waals surface area contributed by atoms with Gasteiger partial charge in [-0.25, -0.2) is 19.6 Å². The van der Waals surface area contributed by atoms with E-state index in [0.717, 1.165) is 16.7 Å². The first-order valence-corrected chi connectivity index (χ1v) is 12.9. The van der Waals surface area contributed by atoms with Crippen LogP contribution in [0.15, 0.2) is 77.9 Å². The Morgan fingerprint density at radius 3 is 2.54 bits per heavy atom. The highest BCUT2D eigenvalue weighted by Gasteiger charge is 2.21. The first-order chi connectivity index (χ1) is 20.0. The summed E-state index contributed by atoms with van der Waals surface area (Å²) < 4.78 is 14.1. The van der Waals surface area contributed by atoms with Crippen molar-refractivity contribution in [2.75, 3.05) is 20.0 Å². The third-order valence-corrected chi connectivity index (χ3v) is 6.91. The lowest BCUT2D eigenvalue weighted by Crippen LogP contribution is -2.28. The fraction of sp³-hybridized carbons (Fsp3) is 0.167. The van der Waals surface area contributed by atoms with Crippen molar-refractivity contribution < 1.29 is 14.6 Å². The van der Waals surface area contributed by atoms with Crippen molar-refractivity contribution in [2.24, 2.45) is 0 Å². The van der Waals surface area contributed by atoms with Crippen molar-refractivity contribution in [3.05, 3.63) is 100 Å². The third-order valence-electron chi connectivity index (χ3n) is 6.91. The van der Waals surface area contributed by atoms with E-state index >= 15 is 0 Å². The molecule has 0 spiro atoms. The molecule has 0 bridgehead atoms. The Labute approximate surface area is 234 Å². The lowest BCUT2D eigenvalue weighted by Gasteiger charge is -2.16. The number of benzene rings is 3. The molecule has 11 nitrogen and oxygen atoms in total. The van der Waals surface area contributed by atoms with E-state index in [4.69, 9.17) is 25.3 Å². The Bertz CT molecular complexity index is 1950. The molecule has 6 aromatic rings. The Balaban J connectivity index is 1.55. The Morgan fingerprint density at radius 1 is 0.951 bits per heavy atom. The summed E-state index contributed by atoms with van der Waals surface area (Å²) in [7, 11) is 3.20. The van der Waals surface area contributed by atoms with Gasteiger partial charge in [-0.1, -0.05) is 24.3 Å². The first-order valence-electron chi connectivity index (χ1n) is 12.9. The highest BCUT2D eigenvalue weighted by molar-refractivity contribution is 5.98. The molecule has 0 unspecified atom stereocenters. The summed E-state index contributed by atoms with van der Waals surface area (Å²) in [5.41, 5.74) is 10.1. The highest BCUT2D eigenvalue weighted by atomic mass is 16.5. The largest absolute Gasteiger partial charge is 0.508 e. The van der Waals surface area contributed by atoms with E-state index < -0.39 is 0 Å². The Kier molecular flexibility index (Phi) is 6.78. The number of nitrogens with zero attached hydrogens (tertiary/aromatic N) is 6. The minimum Gasteiger partial charge on any atom is -0.508 e. The zero-order valence-corrected chi connectivity index (χ0v) is 22.5. The van der Waals surface area contributed by atoms with Crippen molar-refractivity contribution in [3.63, 3.8) is 0 Å². The molecule has 0 saturated heterocycles. The standard InChI is InChI=1S/C30H27N7O4/c1-40-16-20-6-4-8-23-25(20)30(39)36(14-18-5-3-7-22(13-18)41-2)24(34-23)15-37-29-26(28(31)32-17-33-29)27(35-37)19-9-11-21(38)12-10-19/h3-13,17,38H,14-16H2,1-2H3,(H2,31,32,33). The quantitative estimate of drug-likeness (QED) is 0.290. The van der Waals surface area contributed by atoms with Gasteiger partial charge in [-0.3, -0.25) is 9.36 Å². The van der Waals surface area contributed by atoms with Crippen LogP contribution < -0.4 is 16.0 Å². The molecule has 3 heterocycles. The van der Waals surface area contributed by atoms with E-state index in [-0.39, 0.29) is 36.8 Å². The van der Waals surface area contributed by atoms with Gasteiger partial charge < -0.3 is 20.3 Å². The second-order valence-corrected chi connectivity index (χ2v) is 9.53. The lowest BCUT2D eigenvalue weighted by molar-refractivity contribution is 0.186. The maximum atomic E-state index is 14.1. The molecule has 0 fully saturated rings. The van der Waals surface area contributed by atoms with E-state index in [2.05, 4.69) is 9.97 Å². The van der Waals surface area contributed by atoms with Crippen molar-refractivity contribution in [2.45, 2.75) is 19.7 Å². The fourth-order valence-electron chi connectivity index (χ4n) is 4.99. The predicted molar refractivity (Wildman–Crippen MR) is 155 cm³/mol. The molecule has 0 aliphatic rings. The van der Waals surface area contributed by atoms with Crippen LogP contribution in [0, 0.1) is 0 Å². The lowest BCUT2D eigenvalue weighted by atomic mass is 10.1. The molecule has 3 aromatic carbocycles. The van der Waals surface area contributed by atoms with Crippen molar-refractivity contribution in [1.82, 2.24) is 29.3 Å².